The average Bonchev–Trinajstić information content (AvgIpc) is 2.49. The smallest absolute Gasteiger partial charge is 0.227 e. The molecule has 0 bridgehead atoms. The summed E-state index contributed by atoms with van der Waals surface area (Å²) >= 11 is 0. The molecule has 0 atom stereocenters. The van der Waals surface area contributed by atoms with E-state index < -0.39 is 0 Å². The van der Waals surface area contributed by atoms with Gasteiger partial charge in [-0.3, -0.25) is 0 Å². The number of benzene rings is 1. The van der Waals surface area contributed by atoms with Gasteiger partial charge in [-0.1, -0.05) is 30.3 Å². The Labute approximate surface area is 113 Å². The lowest BCUT2D eigenvalue weighted by molar-refractivity contribution is 0.822. The van der Waals surface area contributed by atoms with Crippen LogP contribution in [0.4, 0.5) is 11.8 Å². The van der Waals surface area contributed by atoms with Crippen LogP contribution >= 0.6 is 0 Å². The number of hydrazine groups is 1. The van der Waals surface area contributed by atoms with Gasteiger partial charge in [0.05, 0.1) is 5.69 Å². The molecule has 0 unspecified atom stereocenters. The molecule has 1 aromatic carbocycles. The first-order valence-corrected chi connectivity index (χ1v) is 6.44. The molecular formula is C14H19N5. The Bertz CT molecular complexity index is 523. The normalized spacial score (nSPS) is 10.3. The fraction of sp³-hybridized carbons (Fsp3) is 0.286. The van der Waals surface area contributed by atoms with E-state index in [1.165, 1.54) is 0 Å². The van der Waals surface area contributed by atoms with Crippen molar-refractivity contribution in [1.29, 1.82) is 0 Å². The van der Waals surface area contributed by atoms with Crippen LogP contribution in [0.3, 0.4) is 0 Å². The maximum atomic E-state index is 5.49. The topological polar surface area (TPSA) is 67.1 Å². The first-order chi connectivity index (χ1) is 9.28. The summed E-state index contributed by atoms with van der Waals surface area (Å²) in [7, 11) is 0. The molecule has 3 N–H and O–H groups in total. The predicted octanol–water partition coefficient (Wildman–Crippen LogP) is 2.28. The van der Waals surface area contributed by atoms with Crippen molar-refractivity contribution in [2.24, 2.45) is 5.84 Å². The number of nitrogens with one attached hydrogen (secondary N) is 1. The maximum absolute atomic E-state index is 5.49. The van der Waals surface area contributed by atoms with Gasteiger partial charge in [0.2, 0.25) is 5.95 Å². The van der Waals surface area contributed by atoms with Crippen LogP contribution in [0.5, 0.6) is 0 Å². The van der Waals surface area contributed by atoms with Crippen molar-refractivity contribution >= 4 is 11.8 Å². The van der Waals surface area contributed by atoms with Crippen LogP contribution in [0, 0.1) is 0 Å². The van der Waals surface area contributed by atoms with Gasteiger partial charge >= 0.3 is 0 Å². The largest absolute Gasteiger partial charge is 0.341 e. The van der Waals surface area contributed by atoms with E-state index in [0.29, 0.717) is 11.8 Å². The number of aromatic nitrogens is 2. The summed E-state index contributed by atoms with van der Waals surface area (Å²) in [6.45, 7) is 5.88. The molecule has 1 aromatic heterocycles. The molecule has 5 heteroatoms. The zero-order chi connectivity index (χ0) is 13.7. The van der Waals surface area contributed by atoms with Gasteiger partial charge in [0.1, 0.15) is 5.82 Å². The van der Waals surface area contributed by atoms with E-state index in [9.17, 15) is 0 Å². The molecule has 2 aromatic rings. The number of nitrogen functional groups attached to an aromatic ring is 1. The first-order valence-electron chi connectivity index (χ1n) is 6.44. The molecule has 0 aliphatic heterocycles. The minimum absolute atomic E-state index is 0.621. The van der Waals surface area contributed by atoms with Crippen molar-refractivity contribution in [2.75, 3.05) is 23.4 Å². The summed E-state index contributed by atoms with van der Waals surface area (Å²) in [5, 5.41) is 0. The molecule has 1 heterocycles. The molecule has 0 saturated heterocycles. The van der Waals surface area contributed by atoms with E-state index in [4.69, 9.17) is 5.84 Å². The molecule has 2 rings (SSSR count). The van der Waals surface area contributed by atoms with E-state index in [2.05, 4.69) is 34.1 Å². The van der Waals surface area contributed by atoms with Gasteiger partial charge in [-0.15, -0.1) is 0 Å². The van der Waals surface area contributed by atoms with E-state index in [-0.39, 0.29) is 0 Å². The molecule has 0 amide bonds. The van der Waals surface area contributed by atoms with Crippen LogP contribution in [0.1, 0.15) is 13.8 Å². The summed E-state index contributed by atoms with van der Waals surface area (Å²) in [5.41, 5.74) is 4.52. The predicted molar refractivity (Wildman–Crippen MR) is 78.8 cm³/mol. The summed E-state index contributed by atoms with van der Waals surface area (Å²) in [6.07, 6.45) is 0. The lowest BCUT2D eigenvalue weighted by atomic mass is 10.1. The van der Waals surface area contributed by atoms with Gasteiger partial charge in [0, 0.05) is 24.7 Å². The molecule has 19 heavy (non-hydrogen) atoms. The third kappa shape index (κ3) is 3.00. The van der Waals surface area contributed by atoms with Crippen molar-refractivity contribution < 1.29 is 0 Å². The second-order valence-corrected chi connectivity index (χ2v) is 4.12. The summed E-state index contributed by atoms with van der Waals surface area (Å²) < 4.78 is 0. The minimum Gasteiger partial charge on any atom is -0.341 e. The molecule has 0 aliphatic carbocycles. The highest BCUT2D eigenvalue weighted by molar-refractivity contribution is 5.64. The van der Waals surface area contributed by atoms with E-state index >= 15 is 0 Å². The quantitative estimate of drug-likeness (QED) is 0.635. The molecule has 0 aliphatic rings. The van der Waals surface area contributed by atoms with Crippen LogP contribution < -0.4 is 16.2 Å². The molecule has 0 spiro atoms. The molecule has 100 valence electrons. The van der Waals surface area contributed by atoms with Crippen molar-refractivity contribution in [2.45, 2.75) is 13.8 Å². The molecule has 5 nitrogen and oxygen atoms in total. The lowest BCUT2D eigenvalue weighted by Gasteiger charge is -2.19. The van der Waals surface area contributed by atoms with Crippen LogP contribution in [-0.2, 0) is 0 Å². The summed E-state index contributed by atoms with van der Waals surface area (Å²) in [4.78, 5) is 11.1. The Kier molecular flexibility index (Phi) is 4.30. The Morgan fingerprint density at radius 1 is 1.11 bits per heavy atom. The van der Waals surface area contributed by atoms with Gasteiger partial charge in [-0.25, -0.2) is 10.8 Å². The SMILES string of the molecule is CCN(CC)c1nc(NN)cc(-c2ccccc2)n1. The Morgan fingerprint density at radius 2 is 1.79 bits per heavy atom. The molecule has 0 saturated carbocycles. The fourth-order valence-electron chi connectivity index (χ4n) is 1.91. The Hall–Kier alpha value is -2.14. The third-order valence-electron chi connectivity index (χ3n) is 2.98. The average molecular weight is 257 g/mol. The van der Waals surface area contributed by atoms with Crippen molar-refractivity contribution in [1.82, 2.24) is 9.97 Å². The van der Waals surface area contributed by atoms with Gasteiger partial charge in [0.15, 0.2) is 0 Å². The monoisotopic (exact) mass is 257 g/mol. The van der Waals surface area contributed by atoms with E-state index in [0.717, 1.165) is 24.3 Å². The standard InChI is InChI=1S/C14H19N5/c1-3-19(4-2)14-16-12(10-13(17-14)18-15)11-8-6-5-7-9-11/h5-10H,3-4,15H2,1-2H3,(H,16,17,18). The summed E-state index contributed by atoms with van der Waals surface area (Å²) in [5.74, 6) is 6.80. The van der Waals surface area contributed by atoms with Crippen LogP contribution in [-0.4, -0.2) is 23.1 Å². The van der Waals surface area contributed by atoms with Gasteiger partial charge in [-0.05, 0) is 13.8 Å². The van der Waals surface area contributed by atoms with Gasteiger partial charge in [-0.2, -0.15) is 4.98 Å². The second kappa shape index (κ2) is 6.15. The lowest BCUT2D eigenvalue weighted by Crippen LogP contribution is -2.25. The minimum atomic E-state index is 0.621. The van der Waals surface area contributed by atoms with Gasteiger partial charge < -0.3 is 10.3 Å². The van der Waals surface area contributed by atoms with Crippen molar-refractivity contribution in [3.63, 3.8) is 0 Å². The highest BCUT2D eigenvalue weighted by atomic mass is 15.3. The first kappa shape index (κ1) is 13.3. The number of rotatable bonds is 5. The molecular weight excluding hydrogens is 238 g/mol. The van der Waals surface area contributed by atoms with Crippen molar-refractivity contribution in [3.05, 3.63) is 36.4 Å². The number of hydrogen-bond acceptors (Lipinski definition) is 5. The highest BCUT2D eigenvalue weighted by Gasteiger charge is 2.10. The Balaban J connectivity index is 2.47. The third-order valence-corrected chi connectivity index (χ3v) is 2.98. The number of anilines is 2. The number of nitrogens with zero attached hydrogens (tertiary/aromatic N) is 3. The highest BCUT2D eigenvalue weighted by Crippen LogP contribution is 2.22. The molecule has 0 fully saturated rings. The summed E-state index contributed by atoms with van der Waals surface area (Å²) in [6, 6.07) is 11.9. The second-order valence-electron chi connectivity index (χ2n) is 4.12. The van der Waals surface area contributed by atoms with Crippen molar-refractivity contribution in [3.8, 4) is 11.3 Å². The van der Waals surface area contributed by atoms with Gasteiger partial charge in [0.25, 0.3) is 0 Å². The van der Waals surface area contributed by atoms with E-state index in [1.807, 2.05) is 36.4 Å². The zero-order valence-corrected chi connectivity index (χ0v) is 11.3. The van der Waals surface area contributed by atoms with Crippen LogP contribution in [0.2, 0.25) is 0 Å². The number of nitrogens with two attached hydrogens (primary N) is 1. The molecule has 0 radical (unpaired) electrons. The zero-order valence-electron chi connectivity index (χ0n) is 11.3. The van der Waals surface area contributed by atoms with Crippen LogP contribution in [0.15, 0.2) is 36.4 Å². The fourth-order valence-corrected chi connectivity index (χ4v) is 1.91. The van der Waals surface area contributed by atoms with Crippen LogP contribution in [0.25, 0.3) is 11.3 Å². The Morgan fingerprint density at radius 3 is 2.37 bits per heavy atom. The number of hydrogen-bond donors (Lipinski definition) is 2. The maximum Gasteiger partial charge on any atom is 0.227 e. The van der Waals surface area contributed by atoms with E-state index in [1.54, 1.807) is 0 Å².